The van der Waals surface area contributed by atoms with Crippen molar-refractivity contribution >= 4 is 18.0 Å². The fourth-order valence-electron chi connectivity index (χ4n) is 4.75. The molecule has 2 unspecified atom stereocenters. The van der Waals surface area contributed by atoms with Crippen LogP contribution in [0.15, 0.2) is 48.5 Å². The first-order valence-corrected chi connectivity index (χ1v) is 12.0. The van der Waals surface area contributed by atoms with Crippen molar-refractivity contribution < 1.29 is 24.2 Å². The number of hydrogen-bond acceptors (Lipinski definition) is 4. The van der Waals surface area contributed by atoms with E-state index in [0.717, 1.165) is 41.5 Å². The van der Waals surface area contributed by atoms with Crippen LogP contribution in [0.1, 0.15) is 56.6 Å². The number of carboxylic acid groups (broad SMARTS) is 1. The Bertz CT molecular complexity index is 1030. The Balaban J connectivity index is 1.35. The van der Waals surface area contributed by atoms with Crippen molar-refractivity contribution in [3.63, 3.8) is 0 Å². The van der Waals surface area contributed by atoms with Gasteiger partial charge in [0.15, 0.2) is 0 Å². The highest BCUT2D eigenvalue weighted by atomic mass is 16.5. The first-order chi connectivity index (χ1) is 16.3. The molecule has 7 nitrogen and oxygen atoms in total. The molecular weight excluding hydrogens is 432 g/mol. The zero-order valence-electron chi connectivity index (χ0n) is 19.7. The zero-order chi connectivity index (χ0) is 24.3. The minimum absolute atomic E-state index is 0.0300. The summed E-state index contributed by atoms with van der Waals surface area (Å²) in [5, 5.41) is 14.9. The fourth-order valence-corrected chi connectivity index (χ4v) is 4.75. The third-order valence-corrected chi connectivity index (χ3v) is 7.47. The molecule has 180 valence electrons. The van der Waals surface area contributed by atoms with Crippen LogP contribution >= 0.6 is 0 Å². The largest absolute Gasteiger partial charge is 0.480 e. The Morgan fingerprint density at radius 1 is 1.06 bits per heavy atom. The predicted octanol–water partition coefficient (Wildman–Crippen LogP) is 4.31. The van der Waals surface area contributed by atoms with Crippen LogP contribution in [0.2, 0.25) is 0 Å². The molecule has 2 aliphatic rings. The van der Waals surface area contributed by atoms with Crippen molar-refractivity contribution in [2.24, 2.45) is 11.3 Å². The average Bonchev–Trinajstić information content (AvgIpc) is 3.13. The third kappa shape index (κ3) is 4.65. The summed E-state index contributed by atoms with van der Waals surface area (Å²) in [6.45, 7) is 3.82. The maximum atomic E-state index is 12.9. The molecule has 0 aliphatic heterocycles. The van der Waals surface area contributed by atoms with Gasteiger partial charge in [0.05, 0.1) is 5.41 Å². The number of carboxylic acids is 1. The van der Waals surface area contributed by atoms with Crippen LogP contribution in [0.25, 0.3) is 11.1 Å². The lowest BCUT2D eigenvalue weighted by Crippen LogP contribution is -2.54. The van der Waals surface area contributed by atoms with Gasteiger partial charge in [0.1, 0.15) is 12.6 Å². The van der Waals surface area contributed by atoms with Crippen molar-refractivity contribution in [1.29, 1.82) is 0 Å². The highest BCUT2D eigenvalue weighted by Gasteiger charge is 2.39. The van der Waals surface area contributed by atoms with Crippen LogP contribution in [0, 0.1) is 11.3 Å². The van der Waals surface area contributed by atoms with E-state index in [1.807, 2.05) is 31.2 Å². The lowest BCUT2D eigenvalue weighted by atomic mass is 9.78. The Hall–Kier alpha value is -3.35. The van der Waals surface area contributed by atoms with Gasteiger partial charge in [0.2, 0.25) is 5.91 Å². The van der Waals surface area contributed by atoms with Crippen molar-refractivity contribution in [3.05, 3.63) is 59.7 Å². The van der Waals surface area contributed by atoms with E-state index < -0.39 is 23.5 Å². The van der Waals surface area contributed by atoms with E-state index in [9.17, 15) is 19.5 Å². The molecule has 0 aromatic heterocycles. The Morgan fingerprint density at radius 3 is 2.15 bits per heavy atom. The summed E-state index contributed by atoms with van der Waals surface area (Å²) in [4.78, 5) is 37.1. The van der Waals surface area contributed by atoms with Gasteiger partial charge in [0.25, 0.3) is 0 Å². The minimum atomic E-state index is -1.01. The smallest absolute Gasteiger partial charge is 0.407 e. The quantitative estimate of drug-likeness (QED) is 0.513. The van der Waals surface area contributed by atoms with Gasteiger partial charge < -0.3 is 20.5 Å². The topological polar surface area (TPSA) is 105 Å². The summed E-state index contributed by atoms with van der Waals surface area (Å²) >= 11 is 0. The maximum absolute atomic E-state index is 12.9. The second-order valence-corrected chi connectivity index (χ2v) is 9.57. The van der Waals surface area contributed by atoms with E-state index in [-0.39, 0.29) is 30.9 Å². The van der Waals surface area contributed by atoms with Crippen LogP contribution < -0.4 is 10.6 Å². The summed E-state index contributed by atoms with van der Waals surface area (Å²) < 4.78 is 5.57. The summed E-state index contributed by atoms with van der Waals surface area (Å²) in [7, 11) is 0. The molecule has 1 saturated carbocycles. The molecule has 2 aromatic rings. The summed E-state index contributed by atoms with van der Waals surface area (Å²) in [6, 6.07) is 15.3. The number of amides is 2. The number of rotatable bonds is 9. The molecule has 7 heteroatoms. The number of alkyl carbamates (subject to hydrolysis) is 1. The molecule has 4 rings (SSSR count). The lowest BCUT2D eigenvalue weighted by molar-refractivity contribution is -0.146. The number of fused-ring (bicyclic) bond motifs is 3. The summed E-state index contributed by atoms with van der Waals surface area (Å²) in [6.07, 6.45) is 2.44. The van der Waals surface area contributed by atoms with E-state index in [1.165, 1.54) is 0 Å². The Labute approximate surface area is 199 Å². The number of carbonyl (C=O) groups excluding carboxylic acids is 2. The number of ether oxygens (including phenoxy) is 1. The number of aliphatic carboxylic acids is 1. The monoisotopic (exact) mass is 464 g/mol. The van der Waals surface area contributed by atoms with Crippen LogP contribution in [-0.4, -0.2) is 42.3 Å². The van der Waals surface area contributed by atoms with Crippen LogP contribution in [0.5, 0.6) is 0 Å². The molecule has 2 amide bonds. The van der Waals surface area contributed by atoms with E-state index >= 15 is 0 Å². The first-order valence-electron chi connectivity index (χ1n) is 12.0. The van der Waals surface area contributed by atoms with Crippen molar-refractivity contribution in [3.8, 4) is 11.1 Å². The molecule has 0 saturated heterocycles. The fraction of sp³-hybridized carbons (Fsp3) is 0.444. The van der Waals surface area contributed by atoms with Crippen molar-refractivity contribution in [2.75, 3.05) is 13.2 Å². The molecule has 0 spiro atoms. The number of hydrogen-bond donors (Lipinski definition) is 3. The SMILES string of the molecule is CCC(C)(CNC(=O)OCC1c2ccccc2-c2ccccc21)C(=O)NC(C(=O)O)C1CCC1. The first kappa shape index (κ1) is 23.8. The highest BCUT2D eigenvalue weighted by molar-refractivity contribution is 5.88. The van der Waals surface area contributed by atoms with Gasteiger partial charge in [-0.15, -0.1) is 0 Å². The molecule has 0 heterocycles. The average molecular weight is 465 g/mol. The highest BCUT2D eigenvalue weighted by Crippen LogP contribution is 2.44. The van der Waals surface area contributed by atoms with E-state index in [4.69, 9.17) is 4.74 Å². The van der Waals surface area contributed by atoms with Gasteiger partial charge in [-0.2, -0.15) is 0 Å². The molecule has 34 heavy (non-hydrogen) atoms. The van der Waals surface area contributed by atoms with Crippen molar-refractivity contribution in [1.82, 2.24) is 10.6 Å². The number of carbonyl (C=O) groups is 3. The second-order valence-electron chi connectivity index (χ2n) is 9.57. The van der Waals surface area contributed by atoms with Gasteiger partial charge in [-0.05, 0) is 54.4 Å². The van der Waals surface area contributed by atoms with E-state index in [0.29, 0.717) is 6.42 Å². The standard InChI is InChI=1S/C27H32N2O5/c1-3-27(2,25(32)29-23(24(30)31)17-9-8-10-17)16-28-26(33)34-15-22-20-13-6-4-11-18(20)19-12-5-7-14-21(19)22/h4-7,11-14,17,22-23H,3,8-10,15-16H2,1-2H3,(H,28,33)(H,29,32)(H,30,31). The Kier molecular flexibility index (Phi) is 6.91. The molecule has 2 atom stereocenters. The second kappa shape index (κ2) is 9.87. The van der Waals surface area contributed by atoms with Crippen molar-refractivity contribution in [2.45, 2.75) is 51.5 Å². The summed E-state index contributed by atoms with van der Waals surface area (Å²) in [5.74, 6) is -1.45. The van der Waals surface area contributed by atoms with Gasteiger partial charge in [-0.1, -0.05) is 61.9 Å². The molecule has 0 radical (unpaired) electrons. The van der Waals surface area contributed by atoms with Gasteiger partial charge in [-0.3, -0.25) is 4.79 Å². The van der Waals surface area contributed by atoms with Gasteiger partial charge in [-0.25, -0.2) is 9.59 Å². The molecule has 2 aliphatic carbocycles. The minimum Gasteiger partial charge on any atom is -0.480 e. The molecular formula is C27H32N2O5. The van der Waals surface area contributed by atoms with Crippen LogP contribution in [0.3, 0.4) is 0 Å². The summed E-state index contributed by atoms with van der Waals surface area (Å²) in [5.41, 5.74) is 3.63. The zero-order valence-corrected chi connectivity index (χ0v) is 19.7. The van der Waals surface area contributed by atoms with Crippen LogP contribution in [-0.2, 0) is 14.3 Å². The third-order valence-electron chi connectivity index (χ3n) is 7.47. The van der Waals surface area contributed by atoms with Gasteiger partial charge >= 0.3 is 12.1 Å². The molecule has 3 N–H and O–H groups in total. The molecule has 1 fully saturated rings. The van der Waals surface area contributed by atoms with E-state index in [1.54, 1.807) is 6.92 Å². The number of benzene rings is 2. The lowest BCUT2D eigenvalue weighted by Gasteiger charge is -2.35. The maximum Gasteiger partial charge on any atom is 0.407 e. The van der Waals surface area contributed by atoms with E-state index in [2.05, 4.69) is 34.9 Å². The molecule has 2 aromatic carbocycles. The predicted molar refractivity (Wildman–Crippen MR) is 128 cm³/mol. The van der Waals surface area contributed by atoms with Gasteiger partial charge in [0, 0.05) is 12.5 Å². The van der Waals surface area contributed by atoms with Crippen LogP contribution in [0.4, 0.5) is 4.79 Å². The Morgan fingerprint density at radius 2 is 1.65 bits per heavy atom. The molecule has 0 bridgehead atoms. The normalized spacial score (nSPS) is 17.5. The number of nitrogens with one attached hydrogen (secondary N) is 2.